The van der Waals surface area contributed by atoms with Crippen LogP contribution in [0.2, 0.25) is 0 Å². The van der Waals surface area contributed by atoms with Gasteiger partial charge in [-0.15, -0.1) is 0 Å². The molecule has 0 radical (unpaired) electrons. The van der Waals surface area contributed by atoms with E-state index in [4.69, 9.17) is 15.0 Å². The number of nitrogens with two attached hydrogens (primary N) is 1. The standard InChI is InChI=1S/C15H12FN3O2/c1-20-10-4-2-9(3-5-10)13-14(21-19-15(13)17)11-6-7-18-8-12(11)16/h2-8H,1H3,(H2,17,19). The minimum absolute atomic E-state index is 0.200. The molecular weight excluding hydrogens is 273 g/mol. The highest BCUT2D eigenvalue weighted by Crippen LogP contribution is 2.37. The first-order chi connectivity index (χ1) is 10.2. The first kappa shape index (κ1) is 13.1. The number of ether oxygens (including phenoxy) is 1. The van der Waals surface area contributed by atoms with Gasteiger partial charge < -0.3 is 15.0 Å². The molecule has 21 heavy (non-hydrogen) atoms. The van der Waals surface area contributed by atoms with Gasteiger partial charge in [-0.25, -0.2) is 4.39 Å². The molecule has 0 fully saturated rings. The number of aromatic nitrogens is 2. The van der Waals surface area contributed by atoms with Gasteiger partial charge in [0.25, 0.3) is 0 Å². The number of methoxy groups -OCH3 is 1. The largest absolute Gasteiger partial charge is 0.497 e. The Morgan fingerprint density at radius 1 is 1.19 bits per heavy atom. The van der Waals surface area contributed by atoms with Crippen molar-refractivity contribution in [2.75, 3.05) is 12.8 Å². The van der Waals surface area contributed by atoms with Crippen molar-refractivity contribution in [2.45, 2.75) is 0 Å². The van der Waals surface area contributed by atoms with Crippen LogP contribution < -0.4 is 10.5 Å². The molecule has 6 heteroatoms. The number of benzene rings is 1. The Morgan fingerprint density at radius 2 is 1.95 bits per heavy atom. The summed E-state index contributed by atoms with van der Waals surface area (Å²) in [5, 5.41) is 3.74. The van der Waals surface area contributed by atoms with Gasteiger partial charge in [-0.1, -0.05) is 17.3 Å². The third-order valence-corrected chi connectivity index (χ3v) is 3.11. The number of anilines is 1. The molecule has 3 rings (SSSR count). The van der Waals surface area contributed by atoms with E-state index >= 15 is 0 Å². The summed E-state index contributed by atoms with van der Waals surface area (Å²) in [4.78, 5) is 3.72. The summed E-state index contributed by atoms with van der Waals surface area (Å²) in [5.41, 5.74) is 7.43. The maximum absolute atomic E-state index is 13.9. The second kappa shape index (κ2) is 5.24. The number of rotatable bonds is 3. The van der Waals surface area contributed by atoms with Crippen molar-refractivity contribution in [3.8, 4) is 28.2 Å². The van der Waals surface area contributed by atoms with Gasteiger partial charge in [-0.3, -0.25) is 4.98 Å². The molecule has 0 aliphatic heterocycles. The average Bonchev–Trinajstić information content (AvgIpc) is 2.89. The summed E-state index contributed by atoms with van der Waals surface area (Å²) in [5.74, 6) is 0.692. The molecule has 0 amide bonds. The topological polar surface area (TPSA) is 74.2 Å². The van der Waals surface area contributed by atoms with Gasteiger partial charge in [-0.2, -0.15) is 0 Å². The normalized spacial score (nSPS) is 10.6. The second-order valence-corrected chi connectivity index (χ2v) is 4.36. The van der Waals surface area contributed by atoms with Crippen LogP contribution in [0.3, 0.4) is 0 Å². The van der Waals surface area contributed by atoms with E-state index in [1.807, 2.05) is 12.1 Å². The Bertz CT molecular complexity index is 769. The highest BCUT2D eigenvalue weighted by atomic mass is 19.1. The zero-order chi connectivity index (χ0) is 14.8. The monoisotopic (exact) mass is 285 g/mol. The van der Waals surface area contributed by atoms with Crippen molar-refractivity contribution in [2.24, 2.45) is 0 Å². The summed E-state index contributed by atoms with van der Waals surface area (Å²) < 4.78 is 24.2. The fourth-order valence-electron chi connectivity index (χ4n) is 2.08. The summed E-state index contributed by atoms with van der Waals surface area (Å²) >= 11 is 0. The van der Waals surface area contributed by atoms with Crippen molar-refractivity contribution >= 4 is 5.82 Å². The van der Waals surface area contributed by atoms with E-state index in [2.05, 4.69) is 10.1 Å². The minimum Gasteiger partial charge on any atom is -0.497 e. The second-order valence-electron chi connectivity index (χ2n) is 4.36. The van der Waals surface area contributed by atoms with Crippen molar-refractivity contribution < 1.29 is 13.7 Å². The Balaban J connectivity index is 2.15. The SMILES string of the molecule is COc1ccc(-c2c(N)noc2-c2ccncc2F)cc1. The van der Waals surface area contributed by atoms with Crippen LogP contribution in [0.1, 0.15) is 0 Å². The minimum atomic E-state index is -0.497. The summed E-state index contributed by atoms with van der Waals surface area (Å²) in [6.07, 6.45) is 2.60. The van der Waals surface area contributed by atoms with E-state index in [-0.39, 0.29) is 17.1 Å². The zero-order valence-corrected chi connectivity index (χ0v) is 11.2. The molecule has 106 valence electrons. The lowest BCUT2D eigenvalue weighted by Gasteiger charge is -2.05. The van der Waals surface area contributed by atoms with Gasteiger partial charge in [0, 0.05) is 6.20 Å². The van der Waals surface area contributed by atoms with Crippen LogP contribution in [0.4, 0.5) is 10.2 Å². The molecule has 0 saturated carbocycles. The maximum atomic E-state index is 13.9. The molecule has 1 aromatic carbocycles. The number of hydrogen-bond donors (Lipinski definition) is 1. The fraction of sp³-hybridized carbons (Fsp3) is 0.0667. The molecule has 2 aromatic heterocycles. The van der Waals surface area contributed by atoms with Crippen molar-refractivity contribution in [3.63, 3.8) is 0 Å². The van der Waals surface area contributed by atoms with Gasteiger partial charge in [0.1, 0.15) is 5.75 Å². The first-order valence-corrected chi connectivity index (χ1v) is 6.20. The molecule has 0 spiro atoms. The summed E-state index contributed by atoms with van der Waals surface area (Å²) in [7, 11) is 1.58. The molecule has 0 aliphatic rings. The van der Waals surface area contributed by atoms with Gasteiger partial charge in [-0.05, 0) is 23.8 Å². The summed E-state index contributed by atoms with van der Waals surface area (Å²) in [6.45, 7) is 0. The lowest BCUT2D eigenvalue weighted by atomic mass is 10.0. The van der Waals surface area contributed by atoms with Crippen LogP contribution in [-0.2, 0) is 0 Å². The van der Waals surface area contributed by atoms with E-state index in [0.717, 1.165) is 11.8 Å². The van der Waals surface area contributed by atoms with Crippen LogP contribution in [0.15, 0.2) is 47.2 Å². The van der Waals surface area contributed by atoms with E-state index in [1.54, 1.807) is 19.2 Å². The predicted octanol–water partition coefficient (Wildman–Crippen LogP) is 3.13. The molecule has 0 saturated heterocycles. The van der Waals surface area contributed by atoms with Gasteiger partial charge in [0.2, 0.25) is 0 Å². The summed E-state index contributed by atoms with van der Waals surface area (Å²) in [6, 6.07) is 8.71. The number of nitrogens with zero attached hydrogens (tertiary/aromatic N) is 2. The van der Waals surface area contributed by atoms with Crippen molar-refractivity contribution in [3.05, 3.63) is 48.5 Å². The molecule has 0 unspecified atom stereocenters. The van der Waals surface area contributed by atoms with E-state index in [0.29, 0.717) is 11.3 Å². The van der Waals surface area contributed by atoms with Crippen LogP contribution in [0.5, 0.6) is 5.75 Å². The number of nitrogen functional groups attached to an aromatic ring is 1. The van der Waals surface area contributed by atoms with E-state index in [1.165, 1.54) is 12.3 Å². The van der Waals surface area contributed by atoms with Crippen molar-refractivity contribution in [1.82, 2.24) is 10.1 Å². The molecular formula is C15H12FN3O2. The highest BCUT2D eigenvalue weighted by Gasteiger charge is 2.20. The quantitative estimate of drug-likeness (QED) is 0.800. The zero-order valence-electron chi connectivity index (χ0n) is 11.2. The molecule has 2 N–H and O–H groups in total. The molecule has 0 atom stereocenters. The number of hydrogen-bond acceptors (Lipinski definition) is 5. The van der Waals surface area contributed by atoms with Crippen LogP contribution in [0.25, 0.3) is 22.5 Å². The predicted molar refractivity (Wildman–Crippen MR) is 76.1 cm³/mol. The Labute approximate surface area is 120 Å². The van der Waals surface area contributed by atoms with Gasteiger partial charge in [0.05, 0.1) is 24.4 Å². The molecule has 2 heterocycles. The van der Waals surface area contributed by atoms with Gasteiger partial charge in [0.15, 0.2) is 17.4 Å². The highest BCUT2D eigenvalue weighted by molar-refractivity contribution is 5.86. The van der Waals surface area contributed by atoms with Gasteiger partial charge >= 0.3 is 0 Å². The number of halogens is 1. The Hall–Kier alpha value is -2.89. The molecule has 0 bridgehead atoms. The smallest absolute Gasteiger partial charge is 0.179 e. The molecule has 3 aromatic rings. The third kappa shape index (κ3) is 2.31. The lowest BCUT2D eigenvalue weighted by Crippen LogP contribution is -1.91. The van der Waals surface area contributed by atoms with Crippen LogP contribution in [-0.4, -0.2) is 17.3 Å². The Morgan fingerprint density at radius 3 is 2.62 bits per heavy atom. The molecule has 0 aliphatic carbocycles. The number of pyridine rings is 1. The first-order valence-electron chi connectivity index (χ1n) is 6.20. The Kier molecular flexibility index (Phi) is 3.27. The fourth-order valence-corrected chi connectivity index (χ4v) is 2.08. The van der Waals surface area contributed by atoms with Crippen LogP contribution >= 0.6 is 0 Å². The third-order valence-electron chi connectivity index (χ3n) is 3.11. The molecule has 5 nitrogen and oxygen atoms in total. The van der Waals surface area contributed by atoms with E-state index < -0.39 is 5.82 Å². The maximum Gasteiger partial charge on any atom is 0.179 e. The van der Waals surface area contributed by atoms with E-state index in [9.17, 15) is 4.39 Å². The lowest BCUT2D eigenvalue weighted by molar-refractivity contribution is 0.415. The average molecular weight is 285 g/mol. The van der Waals surface area contributed by atoms with Crippen molar-refractivity contribution in [1.29, 1.82) is 0 Å². The van der Waals surface area contributed by atoms with Crippen LogP contribution in [0, 0.1) is 5.82 Å².